The third kappa shape index (κ3) is 3.46. The van der Waals surface area contributed by atoms with Crippen LogP contribution in [0.2, 0.25) is 22.2 Å². The SMILES string of the molecule is CC(C)[Si]1(C(C)C)OCC2=C[C@@H](O)C[C@H]2O[Si](C(C)C)(C(C)C)O1. The van der Waals surface area contributed by atoms with E-state index in [-0.39, 0.29) is 6.10 Å². The van der Waals surface area contributed by atoms with Gasteiger partial charge >= 0.3 is 17.1 Å². The van der Waals surface area contributed by atoms with E-state index in [1.54, 1.807) is 0 Å². The molecule has 0 unspecified atom stereocenters. The molecule has 6 heteroatoms. The molecule has 1 N–H and O–H groups in total. The van der Waals surface area contributed by atoms with Gasteiger partial charge in [0.15, 0.2) is 0 Å². The zero-order chi connectivity index (χ0) is 18.3. The lowest BCUT2D eigenvalue weighted by Gasteiger charge is -2.50. The van der Waals surface area contributed by atoms with Crippen molar-refractivity contribution >= 4 is 17.1 Å². The minimum Gasteiger partial charge on any atom is -0.414 e. The van der Waals surface area contributed by atoms with Crippen LogP contribution in [0, 0.1) is 0 Å². The standard InChI is InChI=1S/C18H36O4Si2/c1-12(2)23(13(3)4)20-11-16-9-17(19)10-18(16)21-24(22-23,14(5)6)15(7)8/h9,12-15,17-19H,10-11H2,1-8H3/t17-,18-/m1/s1. The van der Waals surface area contributed by atoms with Crippen molar-refractivity contribution in [1.82, 2.24) is 0 Å². The van der Waals surface area contributed by atoms with Crippen LogP contribution in [0.25, 0.3) is 0 Å². The van der Waals surface area contributed by atoms with Gasteiger partial charge in [0.05, 0.1) is 18.8 Å². The molecule has 140 valence electrons. The lowest BCUT2D eigenvalue weighted by atomic mass is 10.2. The Morgan fingerprint density at radius 3 is 1.88 bits per heavy atom. The van der Waals surface area contributed by atoms with Gasteiger partial charge in [0, 0.05) is 6.42 Å². The molecule has 1 aliphatic heterocycles. The maximum absolute atomic E-state index is 10.1. The summed E-state index contributed by atoms with van der Waals surface area (Å²) < 4.78 is 20.5. The fourth-order valence-corrected chi connectivity index (χ4v) is 15.3. The molecule has 0 aromatic heterocycles. The summed E-state index contributed by atoms with van der Waals surface area (Å²) in [4.78, 5) is 0. The summed E-state index contributed by atoms with van der Waals surface area (Å²) in [6.45, 7) is 18.3. The Balaban J connectivity index is 2.53. The smallest absolute Gasteiger partial charge is 0.335 e. The predicted octanol–water partition coefficient (Wildman–Crippen LogP) is 4.63. The van der Waals surface area contributed by atoms with Gasteiger partial charge in [0.2, 0.25) is 0 Å². The highest BCUT2D eigenvalue weighted by atomic mass is 28.5. The Morgan fingerprint density at radius 2 is 1.42 bits per heavy atom. The van der Waals surface area contributed by atoms with Gasteiger partial charge in [-0.05, 0) is 27.7 Å². The number of hydrogen-bond acceptors (Lipinski definition) is 4. The maximum Gasteiger partial charge on any atom is 0.335 e. The van der Waals surface area contributed by atoms with E-state index in [2.05, 4.69) is 55.4 Å². The van der Waals surface area contributed by atoms with E-state index in [4.69, 9.17) is 13.0 Å². The van der Waals surface area contributed by atoms with E-state index in [1.165, 1.54) is 0 Å². The molecular weight excluding hydrogens is 336 g/mol. The largest absolute Gasteiger partial charge is 0.414 e. The van der Waals surface area contributed by atoms with Gasteiger partial charge in [-0.3, -0.25) is 0 Å². The van der Waals surface area contributed by atoms with Gasteiger partial charge in [-0.2, -0.15) is 0 Å². The highest BCUT2D eigenvalue weighted by molar-refractivity contribution is 6.84. The first-order chi connectivity index (χ1) is 11.0. The van der Waals surface area contributed by atoms with Crippen LogP contribution in [0.1, 0.15) is 61.8 Å². The molecule has 2 atom stereocenters. The number of aliphatic hydroxyl groups excluding tert-OH is 1. The monoisotopic (exact) mass is 372 g/mol. The van der Waals surface area contributed by atoms with Crippen LogP contribution in [0.3, 0.4) is 0 Å². The number of hydrogen-bond donors (Lipinski definition) is 1. The van der Waals surface area contributed by atoms with Crippen molar-refractivity contribution < 1.29 is 18.1 Å². The fourth-order valence-electron chi connectivity index (χ4n) is 4.19. The molecule has 0 aromatic rings. The minimum atomic E-state index is -2.51. The predicted molar refractivity (Wildman–Crippen MR) is 103 cm³/mol. The number of aliphatic hydroxyl groups is 1. The summed E-state index contributed by atoms with van der Waals surface area (Å²) in [7, 11) is -4.96. The Hall–Kier alpha value is 0.0138. The molecule has 2 rings (SSSR count). The quantitative estimate of drug-likeness (QED) is 0.577. The van der Waals surface area contributed by atoms with Crippen LogP contribution < -0.4 is 0 Å². The zero-order valence-electron chi connectivity index (χ0n) is 16.6. The summed E-state index contributed by atoms with van der Waals surface area (Å²) >= 11 is 0. The molecule has 1 fully saturated rings. The van der Waals surface area contributed by atoms with Gasteiger partial charge in [0.1, 0.15) is 0 Å². The van der Waals surface area contributed by atoms with E-state index < -0.39 is 23.2 Å². The minimum absolute atomic E-state index is 0.0530. The van der Waals surface area contributed by atoms with Gasteiger partial charge in [0.25, 0.3) is 0 Å². The van der Waals surface area contributed by atoms with Gasteiger partial charge < -0.3 is 18.1 Å². The molecule has 0 radical (unpaired) electrons. The molecule has 4 nitrogen and oxygen atoms in total. The lowest BCUT2D eigenvalue weighted by molar-refractivity contribution is 0.0896. The van der Waals surface area contributed by atoms with Crippen LogP contribution in [0.5, 0.6) is 0 Å². The van der Waals surface area contributed by atoms with E-state index in [0.717, 1.165) is 5.57 Å². The molecule has 0 bridgehead atoms. The molecular formula is C18H36O4Si2. The Morgan fingerprint density at radius 1 is 0.917 bits per heavy atom. The molecule has 2 aliphatic rings. The van der Waals surface area contributed by atoms with Crippen molar-refractivity contribution in [2.75, 3.05) is 6.61 Å². The third-order valence-electron chi connectivity index (χ3n) is 5.60. The van der Waals surface area contributed by atoms with Gasteiger partial charge in [-0.15, -0.1) is 0 Å². The molecule has 1 saturated heterocycles. The molecule has 1 aliphatic carbocycles. The first-order valence-electron chi connectivity index (χ1n) is 9.45. The number of rotatable bonds is 4. The van der Waals surface area contributed by atoms with E-state index in [0.29, 0.717) is 35.2 Å². The molecule has 0 spiro atoms. The Bertz CT molecular complexity index is 458. The van der Waals surface area contributed by atoms with Crippen LogP contribution >= 0.6 is 0 Å². The van der Waals surface area contributed by atoms with Crippen molar-refractivity contribution in [3.8, 4) is 0 Å². The summed E-state index contributed by atoms with van der Waals surface area (Å²) in [6, 6.07) is 0. The summed E-state index contributed by atoms with van der Waals surface area (Å²) in [5.74, 6) is 0. The lowest BCUT2D eigenvalue weighted by Crippen LogP contribution is -2.63. The average molecular weight is 373 g/mol. The molecule has 1 heterocycles. The highest BCUT2D eigenvalue weighted by Gasteiger charge is 2.58. The molecule has 0 saturated carbocycles. The van der Waals surface area contributed by atoms with Crippen molar-refractivity contribution in [3.63, 3.8) is 0 Å². The van der Waals surface area contributed by atoms with E-state index in [9.17, 15) is 5.11 Å². The van der Waals surface area contributed by atoms with Gasteiger partial charge in [-0.25, -0.2) is 0 Å². The summed E-state index contributed by atoms with van der Waals surface area (Å²) in [5.41, 5.74) is 2.50. The van der Waals surface area contributed by atoms with Crippen molar-refractivity contribution in [3.05, 3.63) is 11.6 Å². The average Bonchev–Trinajstić information content (AvgIpc) is 2.77. The summed E-state index contributed by atoms with van der Waals surface area (Å²) in [5, 5.41) is 10.1. The van der Waals surface area contributed by atoms with E-state index in [1.807, 2.05) is 6.08 Å². The summed E-state index contributed by atoms with van der Waals surface area (Å²) in [6.07, 6.45) is 2.10. The zero-order valence-corrected chi connectivity index (χ0v) is 18.6. The molecule has 0 amide bonds. The van der Waals surface area contributed by atoms with Crippen molar-refractivity contribution in [2.24, 2.45) is 0 Å². The topological polar surface area (TPSA) is 47.9 Å². The Kier molecular flexibility index (Phi) is 6.21. The molecule has 0 aromatic carbocycles. The van der Waals surface area contributed by atoms with Crippen LogP contribution in [-0.2, 0) is 13.0 Å². The normalized spacial score (nSPS) is 29.8. The Labute approximate surface area is 150 Å². The first-order valence-corrected chi connectivity index (χ1v) is 13.4. The number of fused-ring (bicyclic) bond motifs is 1. The third-order valence-corrected chi connectivity index (χ3v) is 15.8. The van der Waals surface area contributed by atoms with Crippen molar-refractivity contribution in [1.29, 1.82) is 0 Å². The van der Waals surface area contributed by atoms with Gasteiger partial charge in [-0.1, -0.05) is 61.5 Å². The van der Waals surface area contributed by atoms with Crippen LogP contribution in [-0.4, -0.2) is 41.0 Å². The second kappa shape index (κ2) is 7.33. The fraction of sp³-hybridized carbons (Fsp3) is 0.889. The van der Waals surface area contributed by atoms with E-state index >= 15 is 0 Å². The van der Waals surface area contributed by atoms with Crippen LogP contribution in [0.4, 0.5) is 0 Å². The van der Waals surface area contributed by atoms with Crippen molar-refractivity contribution in [2.45, 2.75) is 96.2 Å². The highest BCUT2D eigenvalue weighted by Crippen LogP contribution is 2.47. The molecule has 24 heavy (non-hydrogen) atoms. The van der Waals surface area contributed by atoms with Crippen LogP contribution in [0.15, 0.2) is 11.6 Å². The first kappa shape index (κ1) is 20.3. The second-order valence-corrected chi connectivity index (χ2v) is 17.4. The maximum atomic E-state index is 10.1. The second-order valence-electron chi connectivity index (χ2n) is 8.60.